The highest BCUT2D eigenvalue weighted by atomic mass is 16.5. The Morgan fingerprint density at radius 2 is 0.978 bits per heavy atom. The quantitative estimate of drug-likeness (QED) is 0.178. The molecule has 46 heavy (non-hydrogen) atoms. The first-order valence-electron chi connectivity index (χ1n) is 14.2. The second-order valence-corrected chi connectivity index (χ2v) is 10.3. The maximum absolute atomic E-state index is 14.5. The highest BCUT2D eigenvalue weighted by molar-refractivity contribution is 6.21. The summed E-state index contributed by atoms with van der Waals surface area (Å²) < 4.78 is 33.1. The van der Waals surface area contributed by atoms with Crippen LogP contribution in [0.3, 0.4) is 0 Å². The number of aromatic hydroxyl groups is 1. The summed E-state index contributed by atoms with van der Waals surface area (Å²) in [5, 5.41) is 11.2. The van der Waals surface area contributed by atoms with Crippen molar-refractivity contribution in [1.29, 1.82) is 0 Å². The number of benzene rings is 4. The van der Waals surface area contributed by atoms with E-state index in [0.29, 0.717) is 11.1 Å². The van der Waals surface area contributed by atoms with Crippen LogP contribution in [0.5, 0.6) is 40.2 Å². The van der Waals surface area contributed by atoms with E-state index in [1.54, 1.807) is 62.4 Å². The number of phenolic OH excluding ortho intramolecular Hbond substituents is 1. The van der Waals surface area contributed by atoms with Gasteiger partial charge in [0.05, 0.1) is 53.8 Å². The number of hydrogen-bond acceptors (Lipinski definition) is 10. The van der Waals surface area contributed by atoms with Gasteiger partial charge in [-0.05, 0) is 61.4 Å². The second-order valence-electron chi connectivity index (χ2n) is 10.3. The molecule has 0 unspecified atom stereocenters. The predicted octanol–water partition coefficient (Wildman–Crippen LogP) is 5.95. The molecule has 4 aromatic rings. The molecule has 1 N–H and O–H groups in total. The van der Waals surface area contributed by atoms with E-state index in [-0.39, 0.29) is 73.6 Å². The van der Waals surface area contributed by atoms with Gasteiger partial charge in [0.1, 0.15) is 51.4 Å². The molecule has 0 atom stereocenters. The molecule has 0 spiro atoms. The number of methoxy groups -OCH3 is 6. The molecule has 0 aliphatic heterocycles. The molecule has 0 bridgehead atoms. The van der Waals surface area contributed by atoms with Crippen molar-refractivity contribution in [2.45, 2.75) is 20.3 Å². The number of aryl methyl sites for hydroxylation is 2. The van der Waals surface area contributed by atoms with E-state index in [9.17, 15) is 19.5 Å². The molecule has 10 heteroatoms. The first-order valence-corrected chi connectivity index (χ1v) is 14.2. The highest BCUT2D eigenvalue weighted by Crippen LogP contribution is 2.41. The summed E-state index contributed by atoms with van der Waals surface area (Å²) in [5.74, 6) is -0.825. The molecule has 0 aliphatic carbocycles. The number of hydrogen-bond donors (Lipinski definition) is 1. The summed E-state index contributed by atoms with van der Waals surface area (Å²) in [7, 11) is 8.47. The van der Waals surface area contributed by atoms with E-state index in [0.717, 1.165) is 0 Å². The molecule has 0 heterocycles. The molecule has 0 radical (unpaired) electrons. The van der Waals surface area contributed by atoms with Crippen LogP contribution in [0.25, 0.3) is 0 Å². The average Bonchev–Trinajstić information content (AvgIpc) is 3.06. The largest absolute Gasteiger partial charge is 0.507 e. The fourth-order valence-corrected chi connectivity index (χ4v) is 5.63. The Hall–Kier alpha value is -5.51. The lowest BCUT2D eigenvalue weighted by atomic mass is 9.86. The normalized spacial score (nSPS) is 10.6. The Kier molecular flexibility index (Phi) is 10.2. The van der Waals surface area contributed by atoms with Crippen LogP contribution in [0.4, 0.5) is 0 Å². The lowest BCUT2D eigenvalue weighted by Gasteiger charge is -2.20. The number of carbonyl (C=O) groups is 3. The Morgan fingerprint density at radius 3 is 1.41 bits per heavy atom. The minimum atomic E-state index is -0.654. The SMILES string of the molecule is COc1cccc(OC)c1C(=O)c1c(O)cc(C)c(OC)c1CC(=O)c1c(OC)ccc(C)c1C(=O)c1c(OC)cccc1OC. The van der Waals surface area contributed by atoms with Gasteiger partial charge in [-0.15, -0.1) is 0 Å². The second kappa shape index (κ2) is 14.1. The van der Waals surface area contributed by atoms with Crippen LogP contribution >= 0.6 is 0 Å². The van der Waals surface area contributed by atoms with Crippen LogP contribution in [-0.2, 0) is 6.42 Å². The molecule has 0 aliphatic rings. The van der Waals surface area contributed by atoms with Crippen LogP contribution in [0.2, 0.25) is 0 Å². The molecule has 0 saturated heterocycles. The van der Waals surface area contributed by atoms with Gasteiger partial charge in [-0.25, -0.2) is 0 Å². The summed E-state index contributed by atoms with van der Waals surface area (Å²) in [6.07, 6.45) is -0.444. The molecule has 240 valence electrons. The van der Waals surface area contributed by atoms with Gasteiger partial charge in [0.2, 0.25) is 11.6 Å². The highest BCUT2D eigenvalue weighted by Gasteiger charge is 2.33. The number of Topliss-reactive ketones (excluding diaryl/α,β-unsaturated/α-hetero) is 1. The lowest BCUT2D eigenvalue weighted by molar-refractivity contribution is 0.0968. The van der Waals surface area contributed by atoms with Gasteiger partial charge in [0, 0.05) is 17.5 Å². The van der Waals surface area contributed by atoms with Gasteiger partial charge in [0.15, 0.2) is 5.78 Å². The van der Waals surface area contributed by atoms with Crippen LogP contribution in [0.1, 0.15) is 58.9 Å². The van der Waals surface area contributed by atoms with E-state index in [1.165, 1.54) is 48.7 Å². The van der Waals surface area contributed by atoms with Crippen molar-refractivity contribution in [2.75, 3.05) is 42.7 Å². The van der Waals surface area contributed by atoms with E-state index < -0.39 is 23.8 Å². The first kappa shape index (κ1) is 33.4. The maximum Gasteiger partial charge on any atom is 0.204 e. The molecule has 10 nitrogen and oxygen atoms in total. The third-order valence-electron chi connectivity index (χ3n) is 7.72. The van der Waals surface area contributed by atoms with Gasteiger partial charge in [-0.1, -0.05) is 18.2 Å². The van der Waals surface area contributed by atoms with E-state index in [4.69, 9.17) is 28.4 Å². The average molecular weight is 629 g/mol. The van der Waals surface area contributed by atoms with Crippen LogP contribution in [0, 0.1) is 13.8 Å². The molecule has 4 aromatic carbocycles. The van der Waals surface area contributed by atoms with Crippen LogP contribution in [-0.4, -0.2) is 65.1 Å². The zero-order chi connectivity index (χ0) is 33.7. The van der Waals surface area contributed by atoms with Crippen molar-refractivity contribution >= 4 is 17.3 Å². The van der Waals surface area contributed by atoms with Crippen molar-refractivity contribution in [2.24, 2.45) is 0 Å². The summed E-state index contributed by atoms with van der Waals surface area (Å²) in [6.45, 7) is 3.38. The fraction of sp³-hybridized carbons (Fsp3) is 0.250. The van der Waals surface area contributed by atoms with Crippen LogP contribution in [0.15, 0.2) is 54.6 Å². The summed E-state index contributed by atoms with van der Waals surface area (Å²) in [6, 6.07) is 14.4. The van der Waals surface area contributed by atoms with Crippen molar-refractivity contribution < 1.29 is 47.9 Å². The third kappa shape index (κ3) is 5.93. The standard InChI is InChI=1S/C36H36O10/c1-19-15-16-28(45-7)31(29(19)34(39)32-24(41-3)11-9-12-25(32)42-4)23(38)18-21-30(22(37)17-20(2)36(21)46-8)35(40)33-26(43-5)13-10-14-27(33)44-6/h9-17,37H,18H2,1-8H3. The number of phenols is 1. The Labute approximate surface area is 267 Å². The first-order chi connectivity index (χ1) is 22.1. The smallest absolute Gasteiger partial charge is 0.204 e. The minimum Gasteiger partial charge on any atom is -0.507 e. The van der Waals surface area contributed by atoms with Gasteiger partial charge in [0.25, 0.3) is 0 Å². The zero-order valence-electron chi connectivity index (χ0n) is 27.0. The Bertz CT molecular complexity index is 1780. The topological polar surface area (TPSA) is 127 Å². The monoisotopic (exact) mass is 628 g/mol. The van der Waals surface area contributed by atoms with Crippen LogP contribution < -0.4 is 28.4 Å². The number of ether oxygens (including phenoxy) is 6. The van der Waals surface area contributed by atoms with E-state index >= 15 is 0 Å². The van der Waals surface area contributed by atoms with Crippen molar-refractivity contribution in [1.82, 2.24) is 0 Å². The van der Waals surface area contributed by atoms with E-state index in [1.807, 2.05) is 0 Å². The Balaban J connectivity index is 1.97. The fourth-order valence-electron chi connectivity index (χ4n) is 5.63. The minimum absolute atomic E-state index is 0.0169. The molecule has 0 amide bonds. The van der Waals surface area contributed by atoms with Gasteiger partial charge in [-0.3, -0.25) is 14.4 Å². The molecule has 0 aromatic heterocycles. The predicted molar refractivity (Wildman–Crippen MR) is 171 cm³/mol. The van der Waals surface area contributed by atoms with Gasteiger partial charge >= 0.3 is 0 Å². The Morgan fingerprint density at radius 1 is 0.543 bits per heavy atom. The van der Waals surface area contributed by atoms with Gasteiger partial charge in [-0.2, -0.15) is 0 Å². The third-order valence-corrected chi connectivity index (χ3v) is 7.72. The van der Waals surface area contributed by atoms with Crippen molar-refractivity contribution in [3.05, 3.63) is 99.1 Å². The summed E-state index contributed by atoms with van der Waals surface area (Å²) >= 11 is 0. The number of carbonyl (C=O) groups excluding carboxylic acids is 3. The molecule has 0 fully saturated rings. The van der Waals surface area contributed by atoms with Crippen molar-refractivity contribution in [3.63, 3.8) is 0 Å². The number of ketones is 3. The number of rotatable bonds is 13. The summed E-state index contributed by atoms with van der Waals surface area (Å²) in [4.78, 5) is 43.0. The summed E-state index contributed by atoms with van der Waals surface area (Å²) in [5.41, 5.74) is 1.15. The maximum atomic E-state index is 14.5. The molecular formula is C36H36O10. The zero-order valence-corrected chi connectivity index (χ0v) is 27.0. The lowest BCUT2D eigenvalue weighted by Crippen LogP contribution is -2.19. The molecule has 0 saturated carbocycles. The van der Waals surface area contributed by atoms with Crippen molar-refractivity contribution in [3.8, 4) is 40.2 Å². The van der Waals surface area contributed by atoms with E-state index in [2.05, 4.69) is 0 Å². The molecule has 4 rings (SSSR count). The van der Waals surface area contributed by atoms with Gasteiger partial charge < -0.3 is 33.5 Å². The molecular weight excluding hydrogens is 592 g/mol.